The number of halogens is 2. The lowest BCUT2D eigenvalue weighted by Crippen LogP contribution is -2.39. The van der Waals surface area contributed by atoms with Gasteiger partial charge in [-0.3, -0.25) is 4.79 Å². The number of rotatable bonds is 14. The van der Waals surface area contributed by atoms with Gasteiger partial charge in [0.2, 0.25) is 5.82 Å². The third-order valence-electron chi connectivity index (χ3n) is 10.7. The second kappa shape index (κ2) is 17.5. The van der Waals surface area contributed by atoms with Crippen LogP contribution in [0.25, 0.3) is 33.7 Å². The highest BCUT2D eigenvalue weighted by Crippen LogP contribution is 2.43. The highest BCUT2D eigenvalue weighted by atomic mass is 79.9. The first-order valence-electron chi connectivity index (χ1n) is 19.8. The third-order valence-corrected chi connectivity index (χ3v) is 11.7. The van der Waals surface area contributed by atoms with E-state index in [0.717, 1.165) is 43.2 Å². The van der Waals surface area contributed by atoms with Crippen molar-refractivity contribution in [2.45, 2.75) is 39.3 Å². The summed E-state index contributed by atoms with van der Waals surface area (Å²) >= 11 is 10.4. The first-order chi connectivity index (χ1) is 29.3. The van der Waals surface area contributed by atoms with Crippen molar-refractivity contribution in [2.24, 2.45) is 0 Å². The summed E-state index contributed by atoms with van der Waals surface area (Å²) in [6, 6.07) is 44.3. The molecular formula is C47H41BrClN7O4. The highest BCUT2D eigenvalue weighted by Gasteiger charge is 2.41. The number of hydrogen-bond donors (Lipinski definition) is 0. The Kier molecular flexibility index (Phi) is 11.8. The zero-order valence-electron chi connectivity index (χ0n) is 33.3. The SMILES string of the molecule is CCc1nc(Cl)c(C(=O)OCC(=O)N(CC)CC)n1Cc1ccc2oc(-c3ccccc3-c3nnn(C(c4ccccc4)(c4ccccc4)c4ccccc4)n3)c(Br)c2c1. The number of likely N-dealkylation sites (N-methyl/N-ethyl adjacent to an activating group) is 1. The van der Waals surface area contributed by atoms with Crippen LogP contribution in [0.15, 0.2) is 142 Å². The molecular weight excluding hydrogens is 842 g/mol. The summed E-state index contributed by atoms with van der Waals surface area (Å²) in [4.78, 5) is 33.7. The molecule has 5 aromatic carbocycles. The van der Waals surface area contributed by atoms with Gasteiger partial charge in [0.05, 0.1) is 4.47 Å². The number of amides is 1. The number of ether oxygens (including phenoxy) is 1. The molecule has 13 heteroatoms. The average Bonchev–Trinajstić information content (AvgIpc) is 4.00. The van der Waals surface area contributed by atoms with Gasteiger partial charge in [0.25, 0.3) is 5.91 Å². The summed E-state index contributed by atoms with van der Waals surface area (Å²) < 4.78 is 14.5. The number of aromatic nitrogens is 6. The van der Waals surface area contributed by atoms with Crippen LogP contribution in [0.5, 0.6) is 0 Å². The molecule has 0 aliphatic heterocycles. The van der Waals surface area contributed by atoms with Gasteiger partial charge in [-0.25, -0.2) is 9.78 Å². The maximum atomic E-state index is 13.4. The molecule has 11 nitrogen and oxygen atoms in total. The van der Waals surface area contributed by atoms with Crippen molar-refractivity contribution in [1.82, 2.24) is 34.7 Å². The molecule has 0 radical (unpaired) electrons. The number of carbonyl (C=O) groups is 2. The molecule has 0 fully saturated rings. The molecule has 0 saturated heterocycles. The lowest BCUT2D eigenvalue weighted by Gasteiger charge is -2.34. The standard InChI is InChI=1S/C47H41BrClN7O4/c1-4-39-50-44(49)42(46(58)59-30-40(57)54(5-2)6-3)55(39)29-31-26-27-38-37(28-31)41(48)43(60-38)35-24-16-17-25-36(35)45-51-53-56(52-45)47(32-18-10-7-11-19-32,33-20-12-8-13-21-33)34-22-14-9-15-23-34/h7-28H,4-6,29-30H2,1-3H3. The fourth-order valence-electron chi connectivity index (χ4n) is 7.76. The number of hydrogen-bond acceptors (Lipinski definition) is 8. The molecule has 3 aromatic heterocycles. The van der Waals surface area contributed by atoms with Gasteiger partial charge in [0.15, 0.2) is 23.0 Å². The molecule has 0 spiro atoms. The Morgan fingerprint density at radius 2 is 1.38 bits per heavy atom. The van der Waals surface area contributed by atoms with E-state index in [0.29, 0.717) is 42.5 Å². The van der Waals surface area contributed by atoms with Gasteiger partial charge in [-0.1, -0.05) is 140 Å². The maximum Gasteiger partial charge on any atom is 0.358 e. The molecule has 0 unspecified atom stereocenters. The number of aryl methyl sites for hydroxylation is 1. The topological polar surface area (TPSA) is 121 Å². The summed E-state index contributed by atoms with van der Waals surface area (Å²) in [5.74, 6) is 0.638. The predicted octanol–water partition coefficient (Wildman–Crippen LogP) is 9.84. The van der Waals surface area contributed by atoms with Crippen molar-refractivity contribution in [3.63, 3.8) is 0 Å². The number of imidazole rings is 1. The molecule has 8 rings (SSSR count). The Bertz CT molecular complexity index is 2690. The van der Waals surface area contributed by atoms with Gasteiger partial charge in [0, 0.05) is 42.6 Å². The van der Waals surface area contributed by atoms with Gasteiger partial charge in [-0.15, -0.1) is 15.0 Å². The smallest absolute Gasteiger partial charge is 0.358 e. The van der Waals surface area contributed by atoms with Crippen LogP contribution in [-0.4, -0.2) is 66.2 Å². The summed E-state index contributed by atoms with van der Waals surface area (Å²) in [6.45, 7) is 6.60. The molecule has 0 aliphatic rings. The molecule has 0 saturated carbocycles. The third kappa shape index (κ3) is 7.41. The minimum absolute atomic E-state index is 0.0238. The van der Waals surface area contributed by atoms with Crippen LogP contribution in [0.3, 0.4) is 0 Å². The van der Waals surface area contributed by atoms with Gasteiger partial charge < -0.3 is 18.6 Å². The van der Waals surface area contributed by atoms with E-state index in [1.54, 1.807) is 14.3 Å². The van der Waals surface area contributed by atoms with Crippen molar-refractivity contribution in [1.29, 1.82) is 0 Å². The first-order valence-corrected chi connectivity index (χ1v) is 20.9. The van der Waals surface area contributed by atoms with Crippen LogP contribution in [0.2, 0.25) is 5.15 Å². The second-order valence-electron chi connectivity index (χ2n) is 14.1. The minimum atomic E-state index is -0.934. The van der Waals surface area contributed by atoms with Crippen LogP contribution < -0.4 is 0 Å². The van der Waals surface area contributed by atoms with E-state index in [4.69, 9.17) is 36.2 Å². The lowest BCUT2D eigenvalue weighted by atomic mass is 9.77. The molecule has 0 bridgehead atoms. The minimum Gasteiger partial charge on any atom is -0.455 e. The second-order valence-corrected chi connectivity index (χ2v) is 15.2. The molecule has 1 amide bonds. The largest absolute Gasteiger partial charge is 0.455 e. The zero-order chi connectivity index (χ0) is 41.8. The van der Waals surface area contributed by atoms with E-state index >= 15 is 0 Å². The summed E-state index contributed by atoms with van der Waals surface area (Å²) in [6.07, 6.45) is 0.520. The van der Waals surface area contributed by atoms with Crippen molar-refractivity contribution in [3.05, 3.63) is 177 Å². The van der Waals surface area contributed by atoms with Gasteiger partial charge in [0.1, 0.15) is 17.2 Å². The quantitative estimate of drug-likeness (QED) is 0.0782. The number of benzene rings is 5. The van der Waals surface area contributed by atoms with E-state index < -0.39 is 11.5 Å². The Balaban J connectivity index is 1.16. The number of tetrazole rings is 1. The van der Waals surface area contributed by atoms with Crippen molar-refractivity contribution < 1.29 is 18.7 Å². The van der Waals surface area contributed by atoms with Crippen molar-refractivity contribution in [3.8, 4) is 22.7 Å². The van der Waals surface area contributed by atoms with Crippen molar-refractivity contribution in [2.75, 3.05) is 19.7 Å². The monoisotopic (exact) mass is 881 g/mol. The predicted molar refractivity (Wildman–Crippen MR) is 235 cm³/mol. The van der Waals surface area contributed by atoms with Crippen LogP contribution in [0, 0.1) is 0 Å². The molecule has 302 valence electrons. The summed E-state index contributed by atoms with van der Waals surface area (Å²) in [5, 5.41) is 15.5. The van der Waals surface area contributed by atoms with Crippen molar-refractivity contribution >= 4 is 50.4 Å². The van der Waals surface area contributed by atoms with E-state index in [1.165, 1.54) is 0 Å². The molecule has 0 N–H and O–H groups in total. The van der Waals surface area contributed by atoms with E-state index in [9.17, 15) is 9.59 Å². The van der Waals surface area contributed by atoms with Gasteiger partial charge >= 0.3 is 5.97 Å². The van der Waals surface area contributed by atoms with Crippen LogP contribution in [-0.2, 0) is 28.0 Å². The Hall–Kier alpha value is -6.37. The molecule has 8 aromatic rings. The molecule has 3 heterocycles. The average molecular weight is 883 g/mol. The fourth-order valence-corrected chi connectivity index (χ4v) is 8.64. The summed E-state index contributed by atoms with van der Waals surface area (Å²) in [5.41, 5.74) is 5.12. The maximum absolute atomic E-state index is 13.4. The Labute approximate surface area is 360 Å². The zero-order valence-corrected chi connectivity index (χ0v) is 35.6. The van der Waals surface area contributed by atoms with Gasteiger partial charge in [-0.2, -0.15) is 0 Å². The lowest BCUT2D eigenvalue weighted by molar-refractivity contribution is -0.134. The Morgan fingerprint density at radius 1 is 0.800 bits per heavy atom. The Morgan fingerprint density at radius 3 is 1.97 bits per heavy atom. The number of carbonyl (C=O) groups excluding carboxylic acids is 2. The van der Waals surface area contributed by atoms with Crippen LogP contribution in [0.4, 0.5) is 0 Å². The number of nitrogens with zero attached hydrogens (tertiary/aromatic N) is 7. The van der Waals surface area contributed by atoms with Crippen LogP contribution >= 0.6 is 27.5 Å². The van der Waals surface area contributed by atoms with Gasteiger partial charge in [-0.05, 0) is 69.4 Å². The van der Waals surface area contributed by atoms with Crippen LogP contribution in [0.1, 0.15) is 59.3 Å². The number of fused-ring (bicyclic) bond motifs is 1. The molecule has 60 heavy (non-hydrogen) atoms. The summed E-state index contributed by atoms with van der Waals surface area (Å²) in [7, 11) is 0. The number of esters is 1. The van der Waals surface area contributed by atoms with E-state index in [-0.39, 0.29) is 29.9 Å². The fraction of sp³-hybridized carbons (Fsp3) is 0.191. The number of furan rings is 1. The van der Waals surface area contributed by atoms with E-state index in [2.05, 4.69) is 57.3 Å². The van der Waals surface area contributed by atoms with E-state index in [1.807, 2.05) is 118 Å². The first kappa shape index (κ1) is 40.4. The highest BCUT2D eigenvalue weighted by molar-refractivity contribution is 9.10. The molecule has 0 aliphatic carbocycles. The normalized spacial score (nSPS) is 11.6. The molecule has 0 atom stereocenters.